The SMILES string of the molecule is CN1CCN(C)CCN(C)CC1.CN1[CH-]CCN(C)CN(C)CC1.F[P-](F)(F)(F)(F)F.F[P-](F)(F)(F)(F)F.[Mn].[Mn].[O-2].[O-2].[O-2]. The number of halogens is 12. The molecule has 278 valence electrons. The molecule has 0 bridgehead atoms. The van der Waals surface area contributed by atoms with Crippen LogP contribution in [0.25, 0.3) is 0 Å². The Morgan fingerprint density at radius 3 is 0.860 bits per heavy atom. The molecule has 0 aromatic rings. The van der Waals surface area contributed by atoms with Gasteiger partial charge < -0.3 is 36.0 Å². The van der Waals surface area contributed by atoms with Crippen molar-refractivity contribution in [2.75, 3.05) is 108 Å². The summed E-state index contributed by atoms with van der Waals surface area (Å²) >= 11 is 0. The maximum Gasteiger partial charge on any atom is 0 e. The van der Waals surface area contributed by atoms with Crippen molar-refractivity contribution in [1.29, 1.82) is 0 Å². The Morgan fingerprint density at radius 1 is 0.395 bits per heavy atom. The van der Waals surface area contributed by atoms with Crippen molar-refractivity contribution in [2.24, 2.45) is 0 Å². The summed E-state index contributed by atoms with van der Waals surface area (Å²) < 4.78 is 118. The van der Waals surface area contributed by atoms with Crippen molar-refractivity contribution in [2.45, 2.75) is 6.42 Å². The molecular formula is C18H41F12Mn2N6O3P2-9. The monoisotopic (exact) mass is 789 g/mol. The van der Waals surface area contributed by atoms with E-state index in [4.69, 9.17) is 0 Å². The molecule has 2 radical (unpaired) electrons. The van der Waals surface area contributed by atoms with Crippen molar-refractivity contribution in [3.05, 3.63) is 6.54 Å². The Kier molecular flexibility index (Phi) is 27.7. The van der Waals surface area contributed by atoms with Gasteiger partial charge in [0, 0.05) is 86.6 Å². The van der Waals surface area contributed by atoms with Crippen LogP contribution in [0.15, 0.2) is 0 Å². The summed E-state index contributed by atoms with van der Waals surface area (Å²) in [6.07, 6.45) is 1.17. The van der Waals surface area contributed by atoms with Crippen LogP contribution in [-0.4, -0.2) is 137 Å². The average molecular weight is 789 g/mol. The predicted molar refractivity (Wildman–Crippen MR) is 133 cm³/mol. The van der Waals surface area contributed by atoms with Gasteiger partial charge in [0.1, 0.15) is 0 Å². The van der Waals surface area contributed by atoms with Gasteiger partial charge in [-0.15, -0.1) is 0 Å². The zero-order valence-corrected chi connectivity index (χ0v) is 28.6. The minimum absolute atomic E-state index is 0. The van der Waals surface area contributed by atoms with Gasteiger partial charge in [0.15, 0.2) is 0 Å². The van der Waals surface area contributed by atoms with Gasteiger partial charge in [0.05, 0.1) is 0 Å². The quantitative estimate of drug-likeness (QED) is 0.120. The molecule has 2 rings (SSSR count). The molecule has 2 aliphatic rings. The maximum absolute atomic E-state index is 10.7. The van der Waals surface area contributed by atoms with Crippen LogP contribution >= 0.6 is 15.6 Å². The summed E-state index contributed by atoms with van der Waals surface area (Å²) in [6, 6.07) is 0. The van der Waals surface area contributed by atoms with Crippen molar-refractivity contribution >= 4 is 15.6 Å². The molecule has 0 amide bonds. The topological polar surface area (TPSA) is 105 Å². The van der Waals surface area contributed by atoms with Gasteiger partial charge >= 0.3 is 66.0 Å². The maximum atomic E-state index is 9.87. The third kappa shape index (κ3) is 75.0. The molecule has 2 saturated heterocycles. The Morgan fingerprint density at radius 2 is 0.605 bits per heavy atom. The van der Waals surface area contributed by atoms with E-state index in [0.29, 0.717) is 0 Å². The van der Waals surface area contributed by atoms with E-state index in [9.17, 15) is 50.4 Å². The van der Waals surface area contributed by atoms with Crippen LogP contribution < -0.4 is 0 Å². The van der Waals surface area contributed by atoms with Crippen molar-refractivity contribution in [3.63, 3.8) is 0 Å². The first-order valence-corrected chi connectivity index (χ1v) is 15.4. The summed E-state index contributed by atoms with van der Waals surface area (Å²) in [5.41, 5.74) is 0. The molecule has 0 aliphatic carbocycles. The largest absolute Gasteiger partial charge is 2.00 e. The van der Waals surface area contributed by atoms with Crippen LogP contribution in [0.4, 0.5) is 50.4 Å². The van der Waals surface area contributed by atoms with E-state index < -0.39 is 15.6 Å². The van der Waals surface area contributed by atoms with E-state index in [-0.39, 0.29) is 50.6 Å². The first-order chi connectivity index (χ1) is 16.3. The zero-order chi connectivity index (χ0) is 30.8. The zero-order valence-electron chi connectivity index (χ0n) is 24.4. The van der Waals surface area contributed by atoms with Gasteiger partial charge in [-0.05, 0) is 55.4 Å². The third-order valence-electron chi connectivity index (χ3n) is 4.86. The molecule has 43 heavy (non-hydrogen) atoms. The normalized spacial score (nSPS) is 22.2. The van der Waals surface area contributed by atoms with E-state index in [1.54, 1.807) is 0 Å². The Bertz CT molecular complexity index is 617. The van der Waals surface area contributed by atoms with Gasteiger partial charge in [-0.2, -0.15) is 6.42 Å². The number of hydrogen-bond acceptors (Lipinski definition) is 6. The second-order valence-electron chi connectivity index (χ2n) is 9.58. The molecule has 0 spiro atoms. The first kappa shape index (κ1) is 59.2. The summed E-state index contributed by atoms with van der Waals surface area (Å²) in [5, 5.41) is 0. The van der Waals surface area contributed by atoms with Crippen LogP contribution in [0.2, 0.25) is 0 Å². The van der Waals surface area contributed by atoms with Gasteiger partial charge in [-0.25, -0.2) is 0 Å². The average Bonchev–Trinajstić information content (AvgIpc) is 2.73. The third-order valence-corrected chi connectivity index (χ3v) is 4.86. The molecule has 0 atom stereocenters. The first-order valence-electron chi connectivity index (χ1n) is 11.4. The standard InChI is InChI=1S/C9H21N3.C9H20N3.2F6P.2Mn.3O/c1-10-4-6-11(2)8-9-12(3)7-5-10;1-10-5-4-6-11(2)9-12(3)8-7-10;2*1-7(2,3,4,5)6;;;;;/h4-9H2,1-3H3;5H,4,6-9H2,1-3H3;;;;;;;/q;3*-1;;;3*-2. The Labute approximate surface area is 266 Å². The minimum atomic E-state index is -10.7. The number of nitrogens with zero attached hydrogens (tertiary/aromatic N) is 6. The number of likely N-dealkylation sites (N-methyl/N-ethyl adjacent to an activating group) is 5. The summed E-state index contributed by atoms with van der Waals surface area (Å²) in [6.45, 7) is 14.0. The van der Waals surface area contributed by atoms with Gasteiger partial charge in [0.2, 0.25) is 0 Å². The summed E-state index contributed by atoms with van der Waals surface area (Å²) in [5.74, 6) is 0. The van der Waals surface area contributed by atoms with Gasteiger partial charge in [-0.1, -0.05) is 0 Å². The van der Waals surface area contributed by atoms with Crippen LogP contribution in [0.3, 0.4) is 0 Å². The molecule has 0 aromatic heterocycles. The van der Waals surface area contributed by atoms with Gasteiger partial charge in [-0.3, -0.25) is 16.3 Å². The molecule has 0 aromatic carbocycles. The fraction of sp³-hybridized carbons (Fsp3) is 0.944. The smallest absolute Gasteiger partial charge is 0 e. The second-order valence-corrected chi connectivity index (χ2v) is 13.4. The van der Waals surface area contributed by atoms with Gasteiger partial charge in [0.25, 0.3) is 0 Å². The fourth-order valence-electron chi connectivity index (χ4n) is 2.83. The van der Waals surface area contributed by atoms with E-state index >= 15 is 0 Å². The molecule has 9 nitrogen and oxygen atoms in total. The summed E-state index contributed by atoms with van der Waals surface area (Å²) in [4.78, 5) is 14.2. The second kappa shape index (κ2) is 20.2. The molecule has 0 N–H and O–H groups in total. The fourth-order valence-corrected chi connectivity index (χ4v) is 2.83. The van der Waals surface area contributed by atoms with E-state index in [0.717, 1.165) is 26.3 Å². The van der Waals surface area contributed by atoms with E-state index in [1.165, 1.54) is 45.7 Å². The van der Waals surface area contributed by atoms with E-state index in [2.05, 4.69) is 78.2 Å². The van der Waals surface area contributed by atoms with Crippen molar-refractivity contribution in [1.82, 2.24) is 29.4 Å². The molecule has 25 heteroatoms. The molecule has 2 aliphatic heterocycles. The Hall–Kier alpha value is 0.699. The van der Waals surface area contributed by atoms with Crippen LogP contribution in [0.5, 0.6) is 0 Å². The van der Waals surface area contributed by atoms with Crippen LogP contribution in [-0.2, 0) is 50.6 Å². The molecule has 0 saturated carbocycles. The Balaban J connectivity index is -0.0000000797. The predicted octanol–water partition coefficient (Wildman–Crippen LogP) is 6.50. The summed E-state index contributed by atoms with van der Waals surface area (Å²) in [7, 11) is -8.21. The number of hydrogen-bond donors (Lipinski definition) is 0. The minimum Gasteiger partial charge on any atom is -2.00 e. The van der Waals surface area contributed by atoms with Crippen LogP contribution in [0, 0.1) is 6.54 Å². The molecule has 2 fully saturated rings. The number of rotatable bonds is 0. The van der Waals surface area contributed by atoms with Crippen molar-refractivity contribution in [3.8, 4) is 0 Å². The molecule has 0 unspecified atom stereocenters. The molecular weight excluding hydrogens is 748 g/mol. The van der Waals surface area contributed by atoms with Crippen LogP contribution in [0.1, 0.15) is 6.42 Å². The van der Waals surface area contributed by atoms with Crippen molar-refractivity contribution < 1.29 is 101 Å². The van der Waals surface area contributed by atoms with E-state index in [1.807, 2.05) is 0 Å². The molecule has 2 heterocycles.